The first-order valence-corrected chi connectivity index (χ1v) is 13.2. The molecular weight excluding hydrogens is 518 g/mol. The molecule has 0 spiro atoms. The van der Waals surface area contributed by atoms with Gasteiger partial charge in [-0.25, -0.2) is 4.79 Å². The molecule has 0 aliphatic carbocycles. The Hall–Kier alpha value is -3.70. The first-order valence-electron chi connectivity index (χ1n) is 11.4. The van der Waals surface area contributed by atoms with E-state index in [1.807, 2.05) is 6.92 Å². The molecule has 1 aromatic heterocycles. The number of esters is 1. The maximum Gasteiger partial charge on any atom is 0.356 e. The van der Waals surface area contributed by atoms with Crippen LogP contribution in [0.5, 0.6) is 0 Å². The Morgan fingerprint density at radius 2 is 1.92 bits per heavy atom. The maximum absolute atomic E-state index is 13.2. The molecule has 10 nitrogen and oxygen atoms in total. The van der Waals surface area contributed by atoms with Crippen LogP contribution in [0.3, 0.4) is 0 Å². The molecule has 0 aliphatic heterocycles. The summed E-state index contributed by atoms with van der Waals surface area (Å²) in [5.74, 6) is -0.943. The van der Waals surface area contributed by atoms with Crippen molar-refractivity contribution < 1.29 is 22.7 Å². The summed E-state index contributed by atoms with van der Waals surface area (Å²) >= 11 is 6.15. The third-order valence-electron chi connectivity index (χ3n) is 5.07. The van der Waals surface area contributed by atoms with Gasteiger partial charge in [-0.1, -0.05) is 36.7 Å². The number of hydrogen-bond donors (Lipinski definition) is 1. The van der Waals surface area contributed by atoms with Gasteiger partial charge >= 0.3 is 5.97 Å². The maximum atomic E-state index is 13.2. The van der Waals surface area contributed by atoms with Gasteiger partial charge in [-0.05, 0) is 42.3 Å². The fraction of sp³-hybridized carbons (Fsp3) is 0.280. The van der Waals surface area contributed by atoms with E-state index >= 15 is 0 Å². The highest BCUT2D eigenvalue weighted by atomic mass is 35.5. The Kier molecular flexibility index (Phi) is 9.06. The number of anilines is 1. The largest absolute Gasteiger partial charge is 0.461 e. The molecule has 0 aliphatic rings. The van der Waals surface area contributed by atoms with Gasteiger partial charge in [-0.15, -0.1) is 4.40 Å². The lowest BCUT2D eigenvalue weighted by atomic mass is 10.1. The summed E-state index contributed by atoms with van der Waals surface area (Å²) < 4.78 is 36.6. The van der Waals surface area contributed by atoms with E-state index in [2.05, 4.69) is 14.8 Å². The second kappa shape index (κ2) is 12.0. The molecule has 3 aromatic rings. The fourth-order valence-electron chi connectivity index (χ4n) is 3.32. The Bertz CT molecular complexity index is 1430. The molecule has 0 saturated carbocycles. The number of carbonyl (C=O) groups is 2. The van der Waals surface area contributed by atoms with Crippen molar-refractivity contribution in [2.24, 2.45) is 11.4 Å². The molecule has 0 bridgehead atoms. The lowest BCUT2D eigenvalue weighted by Gasteiger charge is -2.11. The van der Waals surface area contributed by atoms with Crippen LogP contribution in [-0.2, 0) is 33.0 Å². The summed E-state index contributed by atoms with van der Waals surface area (Å²) in [6.07, 6.45) is 1.83. The number of ether oxygens (including phenoxy) is 1. The van der Waals surface area contributed by atoms with Crippen LogP contribution in [0.1, 0.15) is 29.4 Å². The summed E-state index contributed by atoms with van der Waals surface area (Å²) in [6.45, 7) is 2.13. The third-order valence-corrected chi connectivity index (χ3v) is 6.71. The zero-order valence-electron chi connectivity index (χ0n) is 20.9. The van der Waals surface area contributed by atoms with Crippen LogP contribution < -0.4 is 5.32 Å². The molecule has 12 heteroatoms. The predicted molar refractivity (Wildman–Crippen MR) is 142 cm³/mol. The number of sulfonamides is 1. The second-order valence-electron chi connectivity index (χ2n) is 8.36. The first kappa shape index (κ1) is 27.9. The van der Waals surface area contributed by atoms with Crippen molar-refractivity contribution in [1.29, 1.82) is 0 Å². The Morgan fingerprint density at radius 3 is 2.59 bits per heavy atom. The van der Waals surface area contributed by atoms with Gasteiger partial charge in [-0.2, -0.15) is 13.5 Å². The van der Waals surface area contributed by atoms with Crippen LogP contribution in [0.4, 0.5) is 5.69 Å². The van der Waals surface area contributed by atoms with Gasteiger partial charge < -0.3 is 15.0 Å². The van der Waals surface area contributed by atoms with E-state index in [1.54, 1.807) is 51.5 Å². The van der Waals surface area contributed by atoms with E-state index in [4.69, 9.17) is 16.3 Å². The Labute approximate surface area is 221 Å². The summed E-state index contributed by atoms with van der Waals surface area (Å²) in [4.78, 5) is 26.3. The van der Waals surface area contributed by atoms with Gasteiger partial charge in [-0.3, -0.25) is 9.48 Å². The fourth-order valence-corrected chi connectivity index (χ4v) is 4.67. The average molecular weight is 546 g/mol. The number of rotatable bonds is 10. The second-order valence-corrected chi connectivity index (χ2v) is 10.4. The van der Waals surface area contributed by atoms with E-state index in [9.17, 15) is 18.0 Å². The number of aromatic nitrogens is 2. The molecule has 196 valence electrons. The molecule has 1 N–H and O–H groups in total. The quantitative estimate of drug-likeness (QED) is 0.234. The SMILES string of the molecule is CCCOC(=O)c1cc(-c2ccc(NC(=O)Cc3ccccc3Cl)cc2S(=O)(=O)/N=C/N(C)C)nn1C. The van der Waals surface area contributed by atoms with Gasteiger partial charge in [0.15, 0.2) is 0 Å². The van der Waals surface area contributed by atoms with Gasteiger partial charge in [0, 0.05) is 37.4 Å². The van der Waals surface area contributed by atoms with Crippen LogP contribution in [0.25, 0.3) is 11.3 Å². The van der Waals surface area contributed by atoms with E-state index in [0.29, 0.717) is 17.0 Å². The Balaban J connectivity index is 2.00. The minimum absolute atomic E-state index is 0.00572. The van der Waals surface area contributed by atoms with Crippen molar-refractivity contribution >= 4 is 45.5 Å². The van der Waals surface area contributed by atoms with Crippen molar-refractivity contribution in [2.75, 3.05) is 26.0 Å². The smallest absolute Gasteiger partial charge is 0.356 e. The molecule has 0 fully saturated rings. The number of aryl methyl sites for hydroxylation is 1. The third kappa shape index (κ3) is 7.17. The van der Waals surface area contributed by atoms with Crippen LogP contribution in [0.15, 0.2) is 57.8 Å². The van der Waals surface area contributed by atoms with Gasteiger partial charge in [0.05, 0.1) is 18.7 Å². The van der Waals surface area contributed by atoms with Crippen LogP contribution >= 0.6 is 11.6 Å². The normalized spacial score (nSPS) is 11.5. The summed E-state index contributed by atoms with van der Waals surface area (Å²) in [5, 5.41) is 7.49. The van der Waals surface area contributed by atoms with E-state index in [0.717, 1.165) is 6.34 Å². The van der Waals surface area contributed by atoms with Crippen molar-refractivity contribution in [2.45, 2.75) is 24.7 Å². The van der Waals surface area contributed by atoms with Gasteiger partial charge in [0.25, 0.3) is 10.0 Å². The molecule has 3 rings (SSSR count). The monoisotopic (exact) mass is 545 g/mol. The molecule has 37 heavy (non-hydrogen) atoms. The first-order chi connectivity index (χ1) is 17.5. The van der Waals surface area contributed by atoms with Crippen LogP contribution in [0, 0.1) is 0 Å². The van der Waals surface area contributed by atoms with Crippen LogP contribution in [0.2, 0.25) is 5.02 Å². The van der Waals surface area contributed by atoms with E-state index in [-0.39, 0.29) is 46.5 Å². The number of nitrogens with one attached hydrogen (secondary N) is 1. The summed E-state index contributed by atoms with van der Waals surface area (Å²) in [7, 11) is 0.631. The molecule has 0 saturated heterocycles. The van der Waals surface area contributed by atoms with Gasteiger partial charge in [0.1, 0.15) is 16.9 Å². The summed E-state index contributed by atoms with van der Waals surface area (Å²) in [5.41, 5.74) is 1.50. The lowest BCUT2D eigenvalue weighted by Crippen LogP contribution is -2.15. The van der Waals surface area contributed by atoms with Crippen molar-refractivity contribution in [1.82, 2.24) is 14.7 Å². The molecule has 0 unspecified atom stereocenters. The highest BCUT2D eigenvalue weighted by Gasteiger charge is 2.24. The highest BCUT2D eigenvalue weighted by molar-refractivity contribution is 7.90. The topological polar surface area (TPSA) is 123 Å². The molecule has 1 amide bonds. The highest BCUT2D eigenvalue weighted by Crippen LogP contribution is 2.31. The van der Waals surface area contributed by atoms with Crippen molar-refractivity contribution in [3.8, 4) is 11.3 Å². The number of hydrogen-bond acceptors (Lipinski definition) is 6. The average Bonchev–Trinajstić information content (AvgIpc) is 3.24. The molecular formula is C25H28ClN5O5S. The molecule has 2 aromatic carbocycles. The van der Waals surface area contributed by atoms with Crippen LogP contribution in [-0.4, -0.2) is 62.0 Å². The number of carbonyl (C=O) groups excluding carboxylic acids is 2. The predicted octanol–water partition coefficient (Wildman–Crippen LogP) is 3.77. The zero-order valence-corrected chi connectivity index (χ0v) is 22.5. The van der Waals surface area contributed by atoms with Crippen molar-refractivity contribution in [3.63, 3.8) is 0 Å². The number of halogens is 1. The number of amides is 1. The molecule has 1 heterocycles. The standard InChI is InChI=1S/C25H28ClN5O5S/c1-5-12-36-25(33)22-15-21(29-31(22)4)19-11-10-18(14-23(19)37(34,35)27-16-30(2)3)28-24(32)13-17-8-6-7-9-20(17)26/h6-11,14-16H,5,12-13H2,1-4H3,(H,28,32)/b27-16+. The Morgan fingerprint density at radius 1 is 1.19 bits per heavy atom. The van der Waals surface area contributed by atoms with E-state index in [1.165, 1.54) is 27.8 Å². The molecule has 0 radical (unpaired) electrons. The minimum Gasteiger partial charge on any atom is -0.461 e. The number of benzene rings is 2. The molecule has 0 atom stereocenters. The summed E-state index contributed by atoms with van der Waals surface area (Å²) in [6, 6.07) is 12.8. The zero-order chi connectivity index (χ0) is 27.2. The number of nitrogens with zero attached hydrogens (tertiary/aromatic N) is 4. The lowest BCUT2D eigenvalue weighted by molar-refractivity contribution is -0.115. The van der Waals surface area contributed by atoms with E-state index < -0.39 is 16.0 Å². The van der Waals surface area contributed by atoms with Gasteiger partial charge in [0.2, 0.25) is 5.91 Å². The minimum atomic E-state index is -4.21. The van der Waals surface area contributed by atoms with Crippen molar-refractivity contribution in [3.05, 3.63) is 64.8 Å².